The second kappa shape index (κ2) is 6.67. The summed E-state index contributed by atoms with van der Waals surface area (Å²) in [7, 11) is 1.78. The molecule has 1 heterocycles. The molecule has 1 saturated heterocycles. The number of carbonyl (C=O) groups excluding carboxylic acids is 1. The van der Waals surface area contributed by atoms with E-state index in [4.69, 9.17) is 4.74 Å². The first-order valence-corrected chi connectivity index (χ1v) is 8.55. The van der Waals surface area contributed by atoms with Crippen LogP contribution in [0, 0.1) is 16.7 Å². The predicted octanol–water partition coefficient (Wildman–Crippen LogP) is 1.13. The third-order valence-corrected chi connectivity index (χ3v) is 5.00. The van der Waals surface area contributed by atoms with Crippen molar-refractivity contribution in [3.05, 3.63) is 0 Å². The Balaban J connectivity index is 1.75. The van der Waals surface area contributed by atoms with Crippen LogP contribution in [0.3, 0.4) is 0 Å². The smallest absolute Gasteiger partial charge is 0.225 e. The lowest BCUT2D eigenvalue weighted by Crippen LogP contribution is -2.68. The molecular formula is C17H32N4O2. The average Bonchev–Trinajstić information content (AvgIpc) is 2.92. The predicted molar refractivity (Wildman–Crippen MR) is 92.4 cm³/mol. The van der Waals surface area contributed by atoms with Crippen molar-refractivity contribution in [1.29, 1.82) is 0 Å². The molecule has 0 aromatic rings. The first-order chi connectivity index (χ1) is 10.7. The van der Waals surface area contributed by atoms with E-state index in [1.165, 1.54) is 0 Å². The first-order valence-electron chi connectivity index (χ1n) is 8.55. The Morgan fingerprint density at radius 1 is 1.26 bits per heavy atom. The lowest BCUT2D eigenvalue weighted by atomic mass is 9.57. The van der Waals surface area contributed by atoms with E-state index in [-0.39, 0.29) is 16.7 Å². The fraction of sp³-hybridized carbons (Fsp3) is 0.882. The van der Waals surface area contributed by atoms with Crippen molar-refractivity contribution in [3.63, 3.8) is 0 Å². The van der Waals surface area contributed by atoms with Crippen LogP contribution >= 0.6 is 0 Å². The summed E-state index contributed by atoms with van der Waals surface area (Å²) in [5.74, 6) is 1.43. The minimum atomic E-state index is -0.354. The van der Waals surface area contributed by atoms with E-state index in [0.717, 1.165) is 19.0 Å². The molecule has 0 radical (unpaired) electrons. The number of hydrogen-bond donors (Lipinski definition) is 3. The number of fused-ring (bicyclic) bond motifs is 1. The molecule has 0 aromatic carbocycles. The summed E-state index contributed by atoms with van der Waals surface area (Å²) in [4.78, 5) is 16.1. The van der Waals surface area contributed by atoms with Gasteiger partial charge in [-0.3, -0.25) is 9.79 Å². The quantitative estimate of drug-likeness (QED) is 0.412. The highest BCUT2D eigenvalue weighted by atomic mass is 16.5. The molecule has 2 aliphatic rings. The molecule has 2 fully saturated rings. The number of nitrogens with one attached hydrogen (secondary N) is 3. The zero-order valence-electron chi connectivity index (χ0n) is 15.3. The Morgan fingerprint density at radius 2 is 1.91 bits per heavy atom. The lowest BCUT2D eigenvalue weighted by Gasteiger charge is -2.54. The molecule has 0 spiro atoms. The van der Waals surface area contributed by atoms with Crippen LogP contribution in [-0.4, -0.2) is 50.8 Å². The van der Waals surface area contributed by atoms with Gasteiger partial charge in [0, 0.05) is 49.5 Å². The average molecular weight is 324 g/mol. The van der Waals surface area contributed by atoms with Crippen LogP contribution in [0.5, 0.6) is 0 Å². The molecule has 132 valence electrons. The van der Waals surface area contributed by atoms with Crippen molar-refractivity contribution in [1.82, 2.24) is 16.0 Å². The van der Waals surface area contributed by atoms with Gasteiger partial charge in [0.2, 0.25) is 5.91 Å². The Kier molecular flexibility index (Phi) is 5.23. The van der Waals surface area contributed by atoms with E-state index in [2.05, 4.69) is 34.8 Å². The number of nitrogens with zero attached hydrogens (tertiary/aromatic N) is 1. The Labute approximate surface area is 139 Å². The van der Waals surface area contributed by atoms with Crippen LogP contribution in [0.4, 0.5) is 0 Å². The summed E-state index contributed by atoms with van der Waals surface area (Å²) in [6, 6.07) is 0.380. The highest BCUT2D eigenvalue weighted by molar-refractivity contribution is 5.82. The Morgan fingerprint density at radius 3 is 2.52 bits per heavy atom. The van der Waals surface area contributed by atoms with E-state index >= 15 is 0 Å². The number of hydrogen-bond acceptors (Lipinski definition) is 3. The van der Waals surface area contributed by atoms with Crippen LogP contribution in [0.2, 0.25) is 0 Å². The molecule has 1 aliphatic carbocycles. The minimum Gasteiger partial charge on any atom is -0.377 e. The highest BCUT2D eigenvalue weighted by Gasteiger charge is 2.59. The summed E-state index contributed by atoms with van der Waals surface area (Å²) in [6.07, 6.45) is 1.48. The number of ether oxygens (including phenoxy) is 1. The molecule has 1 saturated carbocycles. The fourth-order valence-corrected chi connectivity index (χ4v) is 3.58. The number of rotatable bonds is 4. The second-order valence-electron chi connectivity index (χ2n) is 8.19. The Hall–Kier alpha value is -1.30. The van der Waals surface area contributed by atoms with E-state index in [9.17, 15) is 4.79 Å². The largest absolute Gasteiger partial charge is 0.377 e. The standard InChI is InChI=1S/C17H32N4O2/c1-16(2,3)14(22)19-8-9-20-15(18-6)21-12-11-7-10-23-13(11)17(12,4)5/h11-13H,7-10H2,1-6H3,(H,19,22)(H2,18,20,21). The fourth-order valence-electron chi connectivity index (χ4n) is 3.58. The van der Waals surface area contributed by atoms with Crippen LogP contribution in [0.1, 0.15) is 41.0 Å². The van der Waals surface area contributed by atoms with E-state index < -0.39 is 0 Å². The van der Waals surface area contributed by atoms with Gasteiger partial charge in [0.05, 0.1) is 6.10 Å². The lowest BCUT2D eigenvalue weighted by molar-refractivity contribution is -0.128. The molecule has 3 N–H and O–H groups in total. The van der Waals surface area contributed by atoms with Crippen molar-refractivity contribution in [2.45, 2.75) is 53.2 Å². The van der Waals surface area contributed by atoms with Gasteiger partial charge < -0.3 is 20.7 Å². The zero-order chi connectivity index (χ0) is 17.3. The van der Waals surface area contributed by atoms with Gasteiger partial charge >= 0.3 is 0 Å². The van der Waals surface area contributed by atoms with Gasteiger partial charge in [0.15, 0.2) is 5.96 Å². The monoisotopic (exact) mass is 324 g/mol. The SMILES string of the molecule is CN=C(NCCNC(=O)C(C)(C)C)NC1C2CCOC2C1(C)C. The molecule has 6 nitrogen and oxygen atoms in total. The maximum Gasteiger partial charge on any atom is 0.225 e. The number of guanidine groups is 1. The summed E-state index contributed by atoms with van der Waals surface area (Å²) >= 11 is 0. The molecule has 1 amide bonds. The molecule has 0 bridgehead atoms. The van der Waals surface area contributed by atoms with Crippen LogP contribution in [0.25, 0.3) is 0 Å². The van der Waals surface area contributed by atoms with Crippen molar-refractivity contribution in [3.8, 4) is 0 Å². The Bertz CT molecular complexity index is 468. The summed E-state index contributed by atoms with van der Waals surface area (Å²) < 4.78 is 5.82. The van der Waals surface area contributed by atoms with Crippen molar-refractivity contribution >= 4 is 11.9 Å². The van der Waals surface area contributed by atoms with Gasteiger partial charge in [0.25, 0.3) is 0 Å². The van der Waals surface area contributed by atoms with Crippen molar-refractivity contribution < 1.29 is 9.53 Å². The normalized spacial score (nSPS) is 29.5. The maximum absolute atomic E-state index is 11.8. The minimum absolute atomic E-state index is 0.0633. The molecular weight excluding hydrogens is 292 g/mol. The summed E-state index contributed by atoms with van der Waals surface area (Å²) in [6.45, 7) is 12.3. The highest BCUT2D eigenvalue weighted by Crippen LogP contribution is 2.51. The summed E-state index contributed by atoms with van der Waals surface area (Å²) in [5.41, 5.74) is -0.230. The van der Waals surface area contributed by atoms with Crippen LogP contribution in [-0.2, 0) is 9.53 Å². The van der Waals surface area contributed by atoms with Crippen molar-refractivity contribution in [2.24, 2.45) is 21.7 Å². The second-order valence-corrected chi connectivity index (χ2v) is 8.19. The topological polar surface area (TPSA) is 74.8 Å². The molecule has 3 unspecified atom stereocenters. The third kappa shape index (κ3) is 3.79. The van der Waals surface area contributed by atoms with Gasteiger partial charge in [-0.25, -0.2) is 0 Å². The first kappa shape index (κ1) is 18.0. The van der Waals surface area contributed by atoms with E-state index in [1.54, 1.807) is 7.05 Å². The third-order valence-electron chi connectivity index (χ3n) is 5.00. The van der Waals surface area contributed by atoms with Gasteiger partial charge in [-0.1, -0.05) is 34.6 Å². The summed E-state index contributed by atoms with van der Waals surface area (Å²) in [5, 5.41) is 9.74. The number of carbonyl (C=O) groups is 1. The number of aliphatic imine (C=N–C) groups is 1. The molecule has 0 aromatic heterocycles. The van der Waals surface area contributed by atoms with Crippen LogP contribution in [0.15, 0.2) is 4.99 Å². The van der Waals surface area contributed by atoms with Crippen LogP contribution < -0.4 is 16.0 Å². The van der Waals surface area contributed by atoms with Gasteiger partial charge in [-0.15, -0.1) is 0 Å². The maximum atomic E-state index is 11.8. The number of amides is 1. The van der Waals surface area contributed by atoms with E-state index in [0.29, 0.717) is 31.2 Å². The molecule has 1 aliphatic heterocycles. The van der Waals surface area contributed by atoms with E-state index in [1.807, 2.05) is 20.8 Å². The van der Waals surface area contributed by atoms with Gasteiger partial charge in [-0.05, 0) is 6.42 Å². The van der Waals surface area contributed by atoms with Crippen molar-refractivity contribution in [2.75, 3.05) is 26.7 Å². The molecule has 2 rings (SSSR count). The molecule has 3 atom stereocenters. The molecule has 23 heavy (non-hydrogen) atoms. The molecule has 6 heteroatoms. The van der Waals surface area contributed by atoms with Gasteiger partial charge in [-0.2, -0.15) is 0 Å². The zero-order valence-corrected chi connectivity index (χ0v) is 15.3. The van der Waals surface area contributed by atoms with Gasteiger partial charge in [0.1, 0.15) is 0 Å².